The lowest BCUT2D eigenvalue weighted by Gasteiger charge is -2.33. The van der Waals surface area contributed by atoms with E-state index in [4.69, 9.17) is 4.74 Å². The van der Waals surface area contributed by atoms with E-state index in [2.05, 4.69) is 6.07 Å². The molecule has 0 spiro atoms. The maximum atomic E-state index is 13.3. The van der Waals surface area contributed by atoms with Gasteiger partial charge in [-0.2, -0.15) is 5.26 Å². The molecule has 1 aliphatic rings. The van der Waals surface area contributed by atoms with Gasteiger partial charge >= 0.3 is 5.97 Å². The van der Waals surface area contributed by atoms with E-state index in [1.54, 1.807) is 72.8 Å². The van der Waals surface area contributed by atoms with Crippen molar-refractivity contribution < 1.29 is 14.3 Å². The Morgan fingerprint density at radius 1 is 0.862 bits per heavy atom. The summed E-state index contributed by atoms with van der Waals surface area (Å²) in [7, 11) is 0. The number of rotatable bonds is 3. The van der Waals surface area contributed by atoms with E-state index in [-0.39, 0.29) is 11.5 Å². The molecule has 0 fully saturated rings. The van der Waals surface area contributed by atoms with E-state index >= 15 is 0 Å². The number of nitrogens with zero attached hydrogens (tertiary/aromatic N) is 2. The van der Waals surface area contributed by atoms with Gasteiger partial charge in [0, 0.05) is 5.56 Å². The Bertz CT molecular complexity index is 1130. The highest BCUT2D eigenvalue weighted by Gasteiger charge is 2.37. The molecule has 3 aromatic rings. The maximum absolute atomic E-state index is 13.3. The number of nitriles is 1. The van der Waals surface area contributed by atoms with Gasteiger partial charge in [0.25, 0.3) is 5.91 Å². The summed E-state index contributed by atoms with van der Waals surface area (Å²) in [4.78, 5) is 27.5. The first-order chi connectivity index (χ1) is 14.2. The quantitative estimate of drug-likeness (QED) is 0.504. The molecule has 1 heterocycles. The first-order valence-corrected chi connectivity index (χ1v) is 9.05. The smallest absolute Gasteiger partial charge is 0.342 e. The van der Waals surface area contributed by atoms with Gasteiger partial charge in [0.15, 0.2) is 6.04 Å². The fourth-order valence-corrected chi connectivity index (χ4v) is 3.25. The molecule has 0 saturated carbocycles. The maximum Gasteiger partial charge on any atom is 0.342 e. The van der Waals surface area contributed by atoms with E-state index < -0.39 is 12.0 Å². The fraction of sp³-hybridized carbons (Fsp3) is 0.0417. The average Bonchev–Trinajstić information content (AvgIpc) is 2.78. The van der Waals surface area contributed by atoms with Crippen molar-refractivity contribution in [2.24, 2.45) is 0 Å². The number of carbonyl (C=O) groups is 2. The van der Waals surface area contributed by atoms with Crippen molar-refractivity contribution in [3.8, 4) is 11.8 Å². The normalized spacial score (nSPS) is 14.9. The van der Waals surface area contributed by atoms with Gasteiger partial charge in [-0.3, -0.25) is 9.69 Å². The number of anilines is 1. The second-order valence-corrected chi connectivity index (χ2v) is 6.43. The fourth-order valence-electron chi connectivity index (χ4n) is 3.25. The summed E-state index contributed by atoms with van der Waals surface area (Å²) in [6, 6.07) is 25.5. The van der Waals surface area contributed by atoms with Gasteiger partial charge in [-0.25, -0.2) is 4.79 Å². The predicted molar refractivity (Wildman–Crippen MR) is 109 cm³/mol. The summed E-state index contributed by atoms with van der Waals surface area (Å²) in [6.45, 7) is 0. The second-order valence-electron chi connectivity index (χ2n) is 6.43. The van der Waals surface area contributed by atoms with E-state index in [0.29, 0.717) is 22.6 Å². The average molecular weight is 380 g/mol. The third-order valence-corrected chi connectivity index (χ3v) is 4.61. The number of ether oxygens (including phenoxy) is 1. The van der Waals surface area contributed by atoms with Crippen molar-refractivity contribution in [3.05, 3.63) is 102 Å². The minimum Gasteiger partial charge on any atom is -0.423 e. The standard InChI is InChI=1S/C24H16N2O3/c25-16-22-20(24(28)29-19-12-5-2-6-13-19)15-18-11-7-8-14-21(18)26(22)23(27)17-9-3-1-4-10-17/h1-15,22H. The van der Waals surface area contributed by atoms with Gasteiger partial charge in [0.1, 0.15) is 5.75 Å². The molecule has 29 heavy (non-hydrogen) atoms. The van der Waals surface area contributed by atoms with Crippen LogP contribution < -0.4 is 9.64 Å². The molecule has 3 aromatic carbocycles. The molecule has 1 aliphatic heterocycles. The van der Waals surface area contributed by atoms with Crippen molar-refractivity contribution in [3.63, 3.8) is 0 Å². The minimum absolute atomic E-state index is 0.110. The SMILES string of the molecule is N#CC1C(C(=O)Oc2ccccc2)=Cc2ccccc2N1C(=O)c1ccccc1. The first kappa shape index (κ1) is 18.2. The predicted octanol–water partition coefficient (Wildman–Crippen LogP) is 4.23. The van der Waals surface area contributed by atoms with Crippen molar-refractivity contribution >= 4 is 23.6 Å². The summed E-state index contributed by atoms with van der Waals surface area (Å²) >= 11 is 0. The molecule has 0 aliphatic carbocycles. The van der Waals surface area contributed by atoms with Crippen molar-refractivity contribution in [1.29, 1.82) is 5.26 Å². The second kappa shape index (κ2) is 7.83. The van der Waals surface area contributed by atoms with Crippen LogP contribution in [-0.2, 0) is 4.79 Å². The number of para-hydroxylation sites is 2. The Labute approximate surface area is 168 Å². The summed E-state index contributed by atoms with van der Waals surface area (Å²) in [5.41, 5.74) is 1.78. The Morgan fingerprint density at radius 2 is 1.48 bits per heavy atom. The monoisotopic (exact) mass is 380 g/mol. The van der Waals surface area contributed by atoms with Gasteiger partial charge in [-0.1, -0.05) is 54.6 Å². The zero-order chi connectivity index (χ0) is 20.2. The third kappa shape index (κ3) is 3.52. The highest BCUT2D eigenvalue weighted by molar-refractivity contribution is 6.12. The topological polar surface area (TPSA) is 70.4 Å². The van der Waals surface area contributed by atoms with E-state index in [1.165, 1.54) is 4.90 Å². The number of fused-ring (bicyclic) bond motifs is 1. The molecule has 0 N–H and O–H groups in total. The lowest BCUT2D eigenvalue weighted by atomic mass is 9.95. The van der Waals surface area contributed by atoms with Crippen LogP contribution >= 0.6 is 0 Å². The molecule has 5 nitrogen and oxygen atoms in total. The number of carbonyl (C=O) groups excluding carboxylic acids is 2. The molecule has 0 bridgehead atoms. The van der Waals surface area contributed by atoms with Gasteiger partial charge < -0.3 is 4.74 Å². The van der Waals surface area contributed by atoms with Crippen LogP contribution in [0.3, 0.4) is 0 Å². The zero-order valence-electron chi connectivity index (χ0n) is 15.4. The van der Waals surface area contributed by atoms with Crippen LogP contribution in [0.5, 0.6) is 5.75 Å². The lowest BCUT2D eigenvalue weighted by molar-refractivity contribution is -0.130. The van der Waals surface area contributed by atoms with E-state index in [9.17, 15) is 14.9 Å². The van der Waals surface area contributed by atoms with Crippen LogP contribution in [0.4, 0.5) is 5.69 Å². The van der Waals surface area contributed by atoms with E-state index in [1.807, 2.05) is 18.2 Å². The molecule has 1 atom stereocenters. The number of hydrogen-bond acceptors (Lipinski definition) is 4. The molecular formula is C24H16N2O3. The first-order valence-electron chi connectivity index (χ1n) is 9.05. The van der Waals surface area contributed by atoms with Crippen molar-refractivity contribution in [1.82, 2.24) is 0 Å². The third-order valence-electron chi connectivity index (χ3n) is 4.61. The zero-order valence-corrected chi connectivity index (χ0v) is 15.4. The minimum atomic E-state index is -1.10. The Balaban J connectivity index is 1.77. The number of hydrogen-bond donors (Lipinski definition) is 0. The van der Waals surface area contributed by atoms with Gasteiger partial charge in [-0.15, -0.1) is 0 Å². The Morgan fingerprint density at radius 3 is 2.17 bits per heavy atom. The van der Waals surface area contributed by atoms with Crippen LogP contribution in [-0.4, -0.2) is 17.9 Å². The molecule has 1 amide bonds. The number of esters is 1. The molecule has 140 valence electrons. The van der Waals surface area contributed by atoms with E-state index in [0.717, 1.165) is 0 Å². The van der Waals surface area contributed by atoms with Crippen molar-refractivity contribution in [2.45, 2.75) is 6.04 Å². The van der Waals surface area contributed by atoms with Gasteiger partial charge in [0.2, 0.25) is 0 Å². The largest absolute Gasteiger partial charge is 0.423 e. The van der Waals surface area contributed by atoms with Crippen LogP contribution in [0, 0.1) is 11.3 Å². The molecule has 0 saturated heterocycles. The van der Waals surface area contributed by atoms with Crippen molar-refractivity contribution in [2.75, 3.05) is 4.90 Å². The molecule has 5 heteroatoms. The molecule has 0 aromatic heterocycles. The number of amides is 1. The van der Waals surface area contributed by atoms with Crippen LogP contribution in [0.15, 0.2) is 90.5 Å². The highest BCUT2D eigenvalue weighted by atomic mass is 16.5. The number of benzene rings is 3. The molecule has 4 rings (SSSR count). The van der Waals surface area contributed by atoms with Crippen LogP contribution in [0.1, 0.15) is 15.9 Å². The summed E-state index contributed by atoms with van der Waals surface area (Å²) in [5.74, 6) is -0.652. The molecular weight excluding hydrogens is 364 g/mol. The van der Waals surface area contributed by atoms with Crippen LogP contribution in [0.25, 0.3) is 6.08 Å². The lowest BCUT2D eigenvalue weighted by Crippen LogP contribution is -2.45. The molecule has 1 unspecified atom stereocenters. The van der Waals surface area contributed by atoms with Gasteiger partial charge in [0.05, 0.1) is 17.3 Å². The Kier molecular flexibility index (Phi) is 4.91. The van der Waals surface area contributed by atoms with Crippen LogP contribution in [0.2, 0.25) is 0 Å². The summed E-state index contributed by atoms with van der Waals surface area (Å²) in [6.07, 6.45) is 1.61. The highest BCUT2D eigenvalue weighted by Crippen LogP contribution is 2.34. The summed E-state index contributed by atoms with van der Waals surface area (Å²) < 4.78 is 5.44. The molecule has 0 radical (unpaired) electrons. The Hall–Kier alpha value is -4.17. The van der Waals surface area contributed by atoms with Gasteiger partial charge in [-0.05, 0) is 42.0 Å². The summed E-state index contributed by atoms with van der Waals surface area (Å²) in [5, 5.41) is 9.88.